The first-order chi connectivity index (χ1) is 8.08. The molecule has 2 rings (SSSR count). The van der Waals surface area contributed by atoms with Crippen LogP contribution in [-0.2, 0) is 0 Å². The molecule has 0 aliphatic rings. The molecular weight excluding hydrogens is 216 g/mol. The average Bonchev–Trinajstić information content (AvgIpc) is 2.77. The molecule has 2 N–H and O–H groups in total. The molecule has 5 heteroatoms. The van der Waals surface area contributed by atoms with E-state index < -0.39 is 0 Å². The van der Waals surface area contributed by atoms with Gasteiger partial charge in [0.2, 0.25) is 11.7 Å². The van der Waals surface area contributed by atoms with Crippen molar-refractivity contribution in [1.29, 1.82) is 0 Å². The average molecular weight is 232 g/mol. The molecule has 0 bridgehead atoms. The van der Waals surface area contributed by atoms with Gasteiger partial charge in [-0.3, -0.25) is 0 Å². The summed E-state index contributed by atoms with van der Waals surface area (Å²) >= 11 is 0. The molecule has 0 saturated carbocycles. The van der Waals surface area contributed by atoms with Crippen LogP contribution in [0.5, 0.6) is 0 Å². The number of hydrogen-bond acceptors (Lipinski definition) is 5. The molecule has 17 heavy (non-hydrogen) atoms. The van der Waals surface area contributed by atoms with E-state index in [1.165, 1.54) is 0 Å². The summed E-state index contributed by atoms with van der Waals surface area (Å²) in [6.07, 6.45) is 0. The molecule has 0 aromatic carbocycles. The van der Waals surface area contributed by atoms with Gasteiger partial charge in [0.25, 0.3) is 0 Å². The van der Waals surface area contributed by atoms with E-state index in [2.05, 4.69) is 15.1 Å². The summed E-state index contributed by atoms with van der Waals surface area (Å²) in [6.45, 7) is 5.95. The molecule has 0 unspecified atom stereocenters. The Hall–Kier alpha value is -1.75. The van der Waals surface area contributed by atoms with Crippen LogP contribution < -0.4 is 5.73 Å². The van der Waals surface area contributed by atoms with Crippen molar-refractivity contribution in [3.8, 4) is 11.5 Å². The van der Waals surface area contributed by atoms with E-state index in [0.717, 1.165) is 5.69 Å². The normalized spacial score (nSPS) is 13.0. The molecule has 0 fully saturated rings. The molecule has 0 spiro atoms. The van der Waals surface area contributed by atoms with Crippen molar-refractivity contribution in [2.75, 3.05) is 0 Å². The van der Waals surface area contributed by atoms with Gasteiger partial charge in [0.05, 0.1) is 6.04 Å². The van der Waals surface area contributed by atoms with E-state index in [1.807, 2.05) is 39.0 Å². The van der Waals surface area contributed by atoms with Crippen LogP contribution in [0.2, 0.25) is 0 Å². The third-order valence-electron chi connectivity index (χ3n) is 2.56. The van der Waals surface area contributed by atoms with E-state index in [4.69, 9.17) is 10.3 Å². The zero-order valence-corrected chi connectivity index (χ0v) is 10.2. The lowest BCUT2D eigenvalue weighted by Crippen LogP contribution is -2.16. The van der Waals surface area contributed by atoms with Gasteiger partial charge in [0.15, 0.2) is 0 Å². The number of nitrogens with zero attached hydrogens (tertiary/aromatic N) is 3. The first-order valence-corrected chi connectivity index (χ1v) is 5.61. The molecule has 2 heterocycles. The highest BCUT2D eigenvalue weighted by molar-refractivity contribution is 5.48. The Kier molecular flexibility index (Phi) is 3.19. The Balaban J connectivity index is 2.30. The van der Waals surface area contributed by atoms with Crippen molar-refractivity contribution in [3.05, 3.63) is 29.8 Å². The number of aryl methyl sites for hydroxylation is 1. The van der Waals surface area contributed by atoms with Crippen LogP contribution in [0.15, 0.2) is 22.7 Å². The van der Waals surface area contributed by atoms with Gasteiger partial charge in [-0.1, -0.05) is 25.1 Å². The quantitative estimate of drug-likeness (QED) is 0.876. The van der Waals surface area contributed by atoms with E-state index in [0.29, 0.717) is 17.4 Å². The maximum Gasteiger partial charge on any atom is 0.244 e. The molecular formula is C12H16N4O. The molecule has 0 aliphatic carbocycles. The van der Waals surface area contributed by atoms with Crippen LogP contribution in [0.25, 0.3) is 11.5 Å². The predicted octanol–water partition coefficient (Wildman–Crippen LogP) is 2.10. The number of hydrogen-bond donors (Lipinski definition) is 1. The van der Waals surface area contributed by atoms with Crippen LogP contribution >= 0.6 is 0 Å². The Morgan fingerprint density at radius 3 is 2.65 bits per heavy atom. The summed E-state index contributed by atoms with van der Waals surface area (Å²) in [4.78, 5) is 8.61. The third kappa shape index (κ3) is 2.50. The van der Waals surface area contributed by atoms with Crippen molar-refractivity contribution in [1.82, 2.24) is 15.1 Å². The maximum atomic E-state index is 5.94. The highest BCUT2D eigenvalue weighted by atomic mass is 16.5. The standard InChI is InChI=1S/C12H16N4O/c1-7(2)10(13)12-15-11(16-17-12)9-6-4-5-8(3)14-9/h4-7,10H,13H2,1-3H3/t10-/m1/s1. The Morgan fingerprint density at radius 2 is 2.00 bits per heavy atom. The van der Waals surface area contributed by atoms with Crippen molar-refractivity contribution >= 4 is 0 Å². The highest BCUT2D eigenvalue weighted by Crippen LogP contribution is 2.20. The van der Waals surface area contributed by atoms with Gasteiger partial charge >= 0.3 is 0 Å². The summed E-state index contributed by atoms with van der Waals surface area (Å²) in [5, 5.41) is 3.90. The lowest BCUT2D eigenvalue weighted by Gasteiger charge is -2.09. The fourth-order valence-corrected chi connectivity index (χ4v) is 1.43. The zero-order chi connectivity index (χ0) is 12.4. The van der Waals surface area contributed by atoms with Gasteiger partial charge in [-0.05, 0) is 25.0 Å². The summed E-state index contributed by atoms with van der Waals surface area (Å²) in [7, 11) is 0. The van der Waals surface area contributed by atoms with E-state index in [1.54, 1.807) is 0 Å². The maximum absolute atomic E-state index is 5.94. The lowest BCUT2D eigenvalue weighted by atomic mass is 10.1. The summed E-state index contributed by atoms with van der Waals surface area (Å²) in [6, 6.07) is 5.45. The zero-order valence-electron chi connectivity index (χ0n) is 10.2. The predicted molar refractivity (Wildman–Crippen MR) is 64.0 cm³/mol. The first-order valence-electron chi connectivity index (χ1n) is 5.61. The highest BCUT2D eigenvalue weighted by Gasteiger charge is 2.18. The van der Waals surface area contributed by atoms with Crippen LogP contribution in [0.3, 0.4) is 0 Å². The minimum Gasteiger partial charge on any atom is -0.337 e. The van der Waals surface area contributed by atoms with Gasteiger partial charge in [0, 0.05) is 5.69 Å². The Bertz CT molecular complexity index is 507. The molecule has 0 saturated heterocycles. The van der Waals surface area contributed by atoms with Gasteiger partial charge in [-0.25, -0.2) is 4.98 Å². The van der Waals surface area contributed by atoms with Gasteiger partial charge in [-0.2, -0.15) is 4.98 Å². The first kappa shape index (κ1) is 11.7. The van der Waals surface area contributed by atoms with E-state index in [-0.39, 0.29) is 12.0 Å². The second-order valence-electron chi connectivity index (χ2n) is 4.39. The van der Waals surface area contributed by atoms with Crippen molar-refractivity contribution in [2.45, 2.75) is 26.8 Å². The second kappa shape index (κ2) is 4.63. The van der Waals surface area contributed by atoms with Crippen LogP contribution in [0, 0.1) is 12.8 Å². The topological polar surface area (TPSA) is 77.8 Å². The van der Waals surface area contributed by atoms with Crippen molar-refractivity contribution < 1.29 is 4.52 Å². The SMILES string of the molecule is Cc1cccc(-c2noc([C@H](N)C(C)C)n2)n1. The fraction of sp³-hybridized carbons (Fsp3) is 0.417. The van der Waals surface area contributed by atoms with Crippen LogP contribution in [-0.4, -0.2) is 15.1 Å². The van der Waals surface area contributed by atoms with Crippen molar-refractivity contribution in [2.24, 2.45) is 11.7 Å². The molecule has 2 aromatic rings. The molecule has 0 aliphatic heterocycles. The number of aromatic nitrogens is 3. The largest absolute Gasteiger partial charge is 0.337 e. The fourth-order valence-electron chi connectivity index (χ4n) is 1.43. The monoisotopic (exact) mass is 232 g/mol. The molecule has 1 atom stereocenters. The third-order valence-corrected chi connectivity index (χ3v) is 2.56. The smallest absolute Gasteiger partial charge is 0.244 e. The molecule has 90 valence electrons. The number of rotatable bonds is 3. The summed E-state index contributed by atoms with van der Waals surface area (Å²) < 4.78 is 5.16. The van der Waals surface area contributed by atoms with E-state index in [9.17, 15) is 0 Å². The molecule has 0 amide bonds. The van der Waals surface area contributed by atoms with Gasteiger partial charge < -0.3 is 10.3 Å². The van der Waals surface area contributed by atoms with Gasteiger partial charge in [0.1, 0.15) is 5.69 Å². The van der Waals surface area contributed by atoms with E-state index >= 15 is 0 Å². The lowest BCUT2D eigenvalue weighted by molar-refractivity contribution is 0.325. The minimum absolute atomic E-state index is 0.235. The summed E-state index contributed by atoms with van der Waals surface area (Å²) in [5.74, 6) is 1.20. The number of pyridine rings is 1. The van der Waals surface area contributed by atoms with Crippen molar-refractivity contribution in [3.63, 3.8) is 0 Å². The second-order valence-corrected chi connectivity index (χ2v) is 4.39. The Labute approximate surface area is 100 Å². The van der Waals surface area contributed by atoms with Crippen LogP contribution in [0.4, 0.5) is 0 Å². The summed E-state index contributed by atoms with van der Waals surface area (Å²) in [5.41, 5.74) is 7.57. The molecule has 2 aromatic heterocycles. The Morgan fingerprint density at radius 1 is 1.24 bits per heavy atom. The molecule has 5 nitrogen and oxygen atoms in total. The minimum atomic E-state index is -0.235. The van der Waals surface area contributed by atoms with Crippen LogP contribution in [0.1, 0.15) is 31.5 Å². The molecule has 0 radical (unpaired) electrons. The number of nitrogens with two attached hydrogens (primary N) is 1. The van der Waals surface area contributed by atoms with Gasteiger partial charge in [-0.15, -0.1) is 0 Å².